The first-order chi connectivity index (χ1) is 9.62. The number of rotatable bonds is 9. The Bertz CT molecular complexity index is 437. The molecular formula is C15H22BrNO3. The number of Topliss-reactive ketones (excluding diaryl/α,β-unsaturated/α-hetero) is 1. The Labute approximate surface area is 129 Å². The maximum atomic E-state index is 12.3. The Kier molecular flexibility index (Phi) is 7.80. The molecule has 112 valence electrons. The largest absolute Gasteiger partial charge is 0.496 e. The average Bonchev–Trinajstić information content (AvgIpc) is 2.46. The highest BCUT2D eigenvalue weighted by Gasteiger charge is 2.13. The van der Waals surface area contributed by atoms with E-state index in [0.717, 1.165) is 23.3 Å². The van der Waals surface area contributed by atoms with Crippen molar-refractivity contribution in [1.82, 2.24) is 4.90 Å². The second-order valence-corrected chi connectivity index (χ2v) is 5.19. The van der Waals surface area contributed by atoms with Crippen molar-refractivity contribution in [1.29, 1.82) is 0 Å². The fourth-order valence-corrected chi connectivity index (χ4v) is 2.36. The van der Waals surface area contributed by atoms with Crippen molar-refractivity contribution in [3.63, 3.8) is 0 Å². The van der Waals surface area contributed by atoms with Crippen LogP contribution in [0, 0.1) is 0 Å². The highest BCUT2D eigenvalue weighted by molar-refractivity contribution is 9.10. The van der Waals surface area contributed by atoms with Crippen LogP contribution >= 0.6 is 15.9 Å². The molecule has 1 rings (SSSR count). The van der Waals surface area contributed by atoms with Gasteiger partial charge in [-0.05, 0) is 47.6 Å². The molecule has 0 unspecified atom stereocenters. The van der Waals surface area contributed by atoms with Gasteiger partial charge in [0.15, 0.2) is 5.78 Å². The van der Waals surface area contributed by atoms with Crippen molar-refractivity contribution in [2.45, 2.75) is 13.8 Å². The number of carbonyl (C=O) groups excluding carboxylic acids is 1. The number of ether oxygens (including phenoxy) is 2. The van der Waals surface area contributed by atoms with E-state index in [1.807, 2.05) is 13.8 Å². The summed E-state index contributed by atoms with van der Waals surface area (Å²) in [4.78, 5) is 14.3. The predicted octanol–water partition coefficient (Wildman–Crippen LogP) is 3.00. The van der Waals surface area contributed by atoms with Gasteiger partial charge in [-0.2, -0.15) is 0 Å². The van der Waals surface area contributed by atoms with Crippen molar-refractivity contribution in [2.24, 2.45) is 0 Å². The van der Waals surface area contributed by atoms with E-state index in [1.54, 1.807) is 25.3 Å². The van der Waals surface area contributed by atoms with Crippen molar-refractivity contribution < 1.29 is 14.3 Å². The third kappa shape index (κ3) is 5.23. The molecule has 0 saturated heterocycles. The van der Waals surface area contributed by atoms with Crippen LogP contribution in [0.25, 0.3) is 0 Å². The van der Waals surface area contributed by atoms with E-state index in [-0.39, 0.29) is 5.78 Å². The summed E-state index contributed by atoms with van der Waals surface area (Å²) < 4.78 is 11.3. The van der Waals surface area contributed by atoms with Crippen LogP contribution in [-0.4, -0.2) is 50.6 Å². The standard InChI is InChI=1S/C15H22BrNO3/c1-4-17(8-9-20-5-2)11-14(18)12-6-7-15(19-3)13(16)10-12/h6-7,10H,4-5,8-9,11H2,1-3H3. The molecule has 0 aliphatic carbocycles. The Morgan fingerprint density at radius 3 is 2.65 bits per heavy atom. The van der Waals surface area contributed by atoms with Gasteiger partial charge >= 0.3 is 0 Å². The zero-order chi connectivity index (χ0) is 15.0. The Morgan fingerprint density at radius 2 is 2.10 bits per heavy atom. The predicted molar refractivity (Wildman–Crippen MR) is 83.6 cm³/mol. The van der Waals surface area contributed by atoms with Crippen LogP contribution in [0.2, 0.25) is 0 Å². The van der Waals surface area contributed by atoms with Crippen LogP contribution in [0.4, 0.5) is 0 Å². The number of methoxy groups -OCH3 is 1. The molecule has 0 N–H and O–H groups in total. The highest BCUT2D eigenvalue weighted by Crippen LogP contribution is 2.25. The van der Waals surface area contributed by atoms with Crippen LogP contribution in [-0.2, 0) is 4.74 Å². The second-order valence-electron chi connectivity index (χ2n) is 4.34. The smallest absolute Gasteiger partial charge is 0.176 e. The summed E-state index contributed by atoms with van der Waals surface area (Å²) in [7, 11) is 1.61. The monoisotopic (exact) mass is 343 g/mol. The summed E-state index contributed by atoms with van der Waals surface area (Å²) in [6.45, 7) is 7.38. The molecule has 0 saturated carbocycles. The number of likely N-dealkylation sites (N-methyl/N-ethyl adjacent to an activating group) is 1. The summed E-state index contributed by atoms with van der Waals surface area (Å²) in [6.07, 6.45) is 0. The van der Waals surface area contributed by atoms with Gasteiger partial charge in [0.2, 0.25) is 0 Å². The van der Waals surface area contributed by atoms with E-state index in [4.69, 9.17) is 9.47 Å². The van der Waals surface area contributed by atoms with Gasteiger partial charge in [-0.25, -0.2) is 0 Å². The number of hydrogen-bond acceptors (Lipinski definition) is 4. The third-order valence-electron chi connectivity index (χ3n) is 3.04. The fourth-order valence-electron chi connectivity index (χ4n) is 1.82. The van der Waals surface area contributed by atoms with Crippen LogP contribution in [0.15, 0.2) is 22.7 Å². The normalized spacial score (nSPS) is 10.8. The van der Waals surface area contributed by atoms with Crippen molar-refractivity contribution in [3.8, 4) is 5.75 Å². The van der Waals surface area contributed by atoms with E-state index in [9.17, 15) is 4.79 Å². The molecule has 0 fully saturated rings. The van der Waals surface area contributed by atoms with Gasteiger partial charge < -0.3 is 9.47 Å². The van der Waals surface area contributed by atoms with E-state index >= 15 is 0 Å². The van der Waals surface area contributed by atoms with E-state index < -0.39 is 0 Å². The van der Waals surface area contributed by atoms with Crippen molar-refractivity contribution in [2.75, 3.05) is 40.0 Å². The highest BCUT2D eigenvalue weighted by atomic mass is 79.9. The minimum absolute atomic E-state index is 0.103. The van der Waals surface area contributed by atoms with Crippen LogP contribution in [0.1, 0.15) is 24.2 Å². The molecule has 0 radical (unpaired) electrons. The first-order valence-corrected chi connectivity index (χ1v) is 7.58. The van der Waals surface area contributed by atoms with E-state index in [2.05, 4.69) is 20.8 Å². The molecule has 5 heteroatoms. The van der Waals surface area contributed by atoms with Crippen molar-refractivity contribution >= 4 is 21.7 Å². The van der Waals surface area contributed by atoms with Gasteiger partial charge in [-0.1, -0.05) is 6.92 Å². The summed E-state index contributed by atoms with van der Waals surface area (Å²) in [5.74, 6) is 0.831. The topological polar surface area (TPSA) is 38.8 Å². The molecular weight excluding hydrogens is 322 g/mol. The average molecular weight is 344 g/mol. The SMILES string of the molecule is CCOCCN(CC)CC(=O)c1ccc(OC)c(Br)c1. The number of ketones is 1. The van der Waals surface area contributed by atoms with E-state index in [0.29, 0.717) is 25.3 Å². The summed E-state index contributed by atoms with van der Waals surface area (Å²) in [5, 5.41) is 0. The first kappa shape index (κ1) is 17.1. The minimum atomic E-state index is 0.103. The van der Waals surface area contributed by atoms with Crippen molar-refractivity contribution in [3.05, 3.63) is 28.2 Å². The lowest BCUT2D eigenvalue weighted by Gasteiger charge is -2.19. The summed E-state index contributed by atoms with van der Waals surface area (Å²) >= 11 is 3.40. The number of halogens is 1. The lowest BCUT2D eigenvalue weighted by molar-refractivity contribution is 0.0867. The molecule has 0 spiro atoms. The summed E-state index contributed by atoms with van der Waals surface area (Å²) in [5.41, 5.74) is 0.688. The van der Waals surface area contributed by atoms with Crippen LogP contribution in [0.3, 0.4) is 0 Å². The third-order valence-corrected chi connectivity index (χ3v) is 3.66. The van der Waals surface area contributed by atoms with Gasteiger partial charge in [0.25, 0.3) is 0 Å². The minimum Gasteiger partial charge on any atom is -0.496 e. The lowest BCUT2D eigenvalue weighted by Crippen LogP contribution is -2.32. The molecule has 0 amide bonds. The molecule has 0 aliphatic rings. The fraction of sp³-hybridized carbons (Fsp3) is 0.533. The van der Waals surface area contributed by atoms with Gasteiger partial charge in [0.05, 0.1) is 24.7 Å². The maximum Gasteiger partial charge on any atom is 0.176 e. The first-order valence-electron chi connectivity index (χ1n) is 6.79. The molecule has 0 bridgehead atoms. The van der Waals surface area contributed by atoms with Gasteiger partial charge in [-0.3, -0.25) is 9.69 Å². The molecule has 1 aromatic rings. The molecule has 20 heavy (non-hydrogen) atoms. The molecule has 4 nitrogen and oxygen atoms in total. The Morgan fingerprint density at radius 1 is 1.35 bits per heavy atom. The molecule has 1 aromatic carbocycles. The Hall–Kier alpha value is -0.910. The Balaban J connectivity index is 2.62. The van der Waals surface area contributed by atoms with Crippen LogP contribution in [0.5, 0.6) is 5.75 Å². The maximum absolute atomic E-state index is 12.3. The van der Waals surface area contributed by atoms with Gasteiger partial charge in [-0.15, -0.1) is 0 Å². The zero-order valence-corrected chi connectivity index (χ0v) is 13.9. The zero-order valence-electron chi connectivity index (χ0n) is 12.3. The molecule has 0 atom stereocenters. The molecule has 0 aliphatic heterocycles. The number of benzene rings is 1. The lowest BCUT2D eigenvalue weighted by atomic mass is 10.1. The van der Waals surface area contributed by atoms with Gasteiger partial charge in [0, 0.05) is 18.7 Å². The van der Waals surface area contributed by atoms with Crippen LogP contribution < -0.4 is 4.74 Å². The molecule has 0 heterocycles. The quantitative estimate of drug-likeness (QED) is 0.510. The summed E-state index contributed by atoms with van der Waals surface area (Å²) in [6, 6.07) is 5.40. The van der Waals surface area contributed by atoms with E-state index in [1.165, 1.54) is 0 Å². The number of nitrogens with zero attached hydrogens (tertiary/aromatic N) is 1. The number of hydrogen-bond donors (Lipinski definition) is 0. The number of carbonyl (C=O) groups is 1. The molecule has 0 aromatic heterocycles. The second kappa shape index (κ2) is 9.10. The van der Waals surface area contributed by atoms with Gasteiger partial charge in [0.1, 0.15) is 5.75 Å².